The third-order valence-electron chi connectivity index (χ3n) is 2.19. The molecule has 0 bridgehead atoms. The van der Waals surface area contributed by atoms with Crippen LogP contribution in [0.25, 0.3) is 0 Å². The van der Waals surface area contributed by atoms with E-state index in [0.717, 1.165) is 13.0 Å². The molecule has 0 radical (unpaired) electrons. The first kappa shape index (κ1) is 14.7. The van der Waals surface area contributed by atoms with Crippen LogP contribution in [0, 0.1) is 0 Å². The molecule has 1 heterocycles. The van der Waals surface area contributed by atoms with Crippen LogP contribution in [0.4, 0.5) is 11.8 Å². The molecule has 0 fully saturated rings. The average molecular weight is 317 g/mol. The molecular weight excluding hydrogens is 300 g/mol. The van der Waals surface area contributed by atoms with Crippen LogP contribution in [0.15, 0.2) is 10.7 Å². The molecule has 0 aliphatic heterocycles. The van der Waals surface area contributed by atoms with Crippen molar-refractivity contribution in [3.8, 4) is 0 Å². The molecule has 2 N–H and O–H groups in total. The van der Waals surface area contributed by atoms with Gasteiger partial charge in [0.15, 0.2) is 0 Å². The Morgan fingerprint density at radius 3 is 2.94 bits per heavy atom. The number of hydrogen-bond donors (Lipinski definition) is 2. The highest BCUT2D eigenvalue weighted by Gasteiger charge is 2.15. The lowest BCUT2D eigenvalue weighted by Crippen LogP contribution is -2.28. The summed E-state index contributed by atoms with van der Waals surface area (Å²) in [5, 5.41) is 6.04. The van der Waals surface area contributed by atoms with Gasteiger partial charge in [0.05, 0.1) is 11.6 Å². The molecule has 0 saturated heterocycles. The maximum Gasteiger partial charge on any atom is 0.328 e. The molecule has 1 aromatic rings. The number of nitrogens with one attached hydrogen (secondary N) is 2. The molecule has 1 rings (SSSR count). The Morgan fingerprint density at radius 1 is 1.61 bits per heavy atom. The van der Waals surface area contributed by atoms with Gasteiger partial charge in [-0.2, -0.15) is 4.98 Å². The first-order valence-corrected chi connectivity index (χ1v) is 6.48. The summed E-state index contributed by atoms with van der Waals surface area (Å²) in [6.07, 6.45) is 2.62. The van der Waals surface area contributed by atoms with Crippen molar-refractivity contribution in [1.82, 2.24) is 9.97 Å². The predicted octanol–water partition coefficient (Wildman–Crippen LogP) is 2.03. The van der Waals surface area contributed by atoms with E-state index in [2.05, 4.69) is 48.2 Å². The minimum atomic E-state index is -0.472. The zero-order chi connectivity index (χ0) is 13.5. The molecule has 1 unspecified atom stereocenters. The fourth-order valence-electron chi connectivity index (χ4n) is 1.23. The summed E-state index contributed by atoms with van der Waals surface area (Å²) in [4.78, 5) is 19.7. The Bertz CT molecular complexity index is 414. The van der Waals surface area contributed by atoms with E-state index in [-0.39, 0.29) is 5.97 Å². The zero-order valence-corrected chi connectivity index (χ0v) is 12.2. The van der Waals surface area contributed by atoms with Gasteiger partial charge in [0.2, 0.25) is 5.95 Å². The molecule has 0 aliphatic rings. The van der Waals surface area contributed by atoms with Crippen LogP contribution in [-0.2, 0) is 9.53 Å². The number of methoxy groups -OCH3 is 1. The number of ether oxygens (including phenoxy) is 1. The molecule has 0 saturated carbocycles. The van der Waals surface area contributed by atoms with Gasteiger partial charge in [-0.3, -0.25) is 0 Å². The number of halogens is 1. The van der Waals surface area contributed by atoms with Gasteiger partial charge in [-0.05, 0) is 29.3 Å². The normalized spacial score (nSPS) is 11.8. The Kier molecular flexibility index (Phi) is 5.84. The van der Waals surface area contributed by atoms with Gasteiger partial charge in [0, 0.05) is 12.7 Å². The van der Waals surface area contributed by atoms with Crippen LogP contribution in [0.3, 0.4) is 0 Å². The molecule has 1 aromatic heterocycles. The molecule has 0 aromatic carbocycles. The lowest BCUT2D eigenvalue weighted by atomic mass is 10.3. The highest BCUT2D eigenvalue weighted by Crippen LogP contribution is 2.21. The summed E-state index contributed by atoms with van der Waals surface area (Å²) < 4.78 is 5.34. The van der Waals surface area contributed by atoms with E-state index in [4.69, 9.17) is 0 Å². The van der Waals surface area contributed by atoms with Crippen molar-refractivity contribution in [3.63, 3.8) is 0 Å². The fourth-order valence-corrected chi connectivity index (χ4v) is 1.54. The third-order valence-corrected chi connectivity index (χ3v) is 2.77. The first-order chi connectivity index (χ1) is 8.58. The Labute approximate surface area is 115 Å². The first-order valence-electron chi connectivity index (χ1n) is 5.69. The molecule has 18 heavy (non-hydrogen) atoms. The molecular formula is C11H17BrN4O2. The van der Waals surface area contributed by atoms with E-state index in [0.29, 0.717) is 16.2 Å². The van der Waals surface area contributed by atoms with Crippen LogP contribution in [0.2, 0.25) is 0 Å². The van der Waals surface area contributed by atoms with Crippen LogP contribution >= 0.6 is 15.9 Å². The summed E-state index contributed by atoms with van der Waals surface area (Å²) in [6, 6.07) is -0.472. The van der Waals surface area contributed by atoms with Crippen molar-refractivity contribution < 1.29 is 9.53 Å². The number of carbonyl (C=O) groups is 1. The van der Waals surface area contributed by atoms with E-state index in [1.54, 1.807) is 13.1 Å². The topological polar surface area (TPSA) is 76.1 Å². The monoisotopic (exact) mass is 316 g/mol. The lowest BCUT2D eigenvalue weighted by molar-refractivity contribution is -0.141. The minimum absolute atomic E-state index is 0.344. The molecule has 0 amide bonds. The number of carbonyl (C=O) groups excluding carboxylic acids is 1. The third kappa shape index (κ3) is 4.14. The average Bonchev–Trinajstić information content (AvgIpc) is 2.38. The van der Waals surface area contributed by atoms with Gasteiger partial charge in [-0.15, -0.1) is 0 Å². The van der Waals surface area contributed by atoms with Crippen molar-refractivity contribution in [2.45, 2.75) is 26.3 Å². The molecule has 7 heteroatoms. The smallest absolute Gasteiger partial charge is 0.328 e. The van der Waals surface area contributed by atoms with Crippen molar-refractivity contribution in [2.75, 3.05) is 24.3 Å². The van der Waals surface area contributed by atoms with E-state index < -0.39 is 6.04 Å². The van der Waals surface area contributed by atoms with Gasteiger partial charge in [0.25, 0.3) is 0 Å². The minimum Gasteiger partial charge on any atom is -0.467 e. The summed E-state index contributed by atoms with van der Waals surface area (Å²) in [5.41, 5.74) is 0. The second-order valence-electron chi connectivity index (χ2n) is 3.71. The fraction of sp³-hybridized carbons (Fsp3) is 0.545. The van der Waals surface area contributed by atoms with Gasteiger partial charge in [-0.1, -0.05) is 6.92 Å². The van der Waals surface area contributed by atoms with Crippen LogP contribution in [-0.4, -0.2) is 35.6 Å². The van der Waals surface area contributed by atoms with Crippen LogP contribution in [0.5, 0.6) is 0 Å². The lowest BCUT2D eigenvalue weighted by Gasteiger charge is -2.14. The zero-order valence-electron chi connectivity index (χ0n) is 10.7. The van der Waals surface area contributed by atoms with Crippen molar-refractivity contribution >= 4 is 33.7 Å². The predicted molar refractivity (Wildman–Crippen MR) is 73.6 cm³/mol. The maximum absolute atomic E-state index is 11.3. The number of esters is 1. The summed E-state index contributed by atoms with van der Waals surface area (Å²) in [6.45, 7) is 4.57. The highest BCUT2D eigenvalue weighted by molar-refractivity contribution is 9.10. The number of nitrogens with zero attached hydrogens (tertiary/aromatic N) is 2. The SMILES string of the molecule is CCCNc1ncc(Br)c(NC(C)C(=O)OC)n1. The van der Waals surface area contributed by atoms with Gasteiger partial charge < -0.3 is 15.4 Å². The van der Waals surface area contributed by atoms with E-state index >= 15 is 0 Å². The Morgan fingerprint density at radius 2 is 2.33 bits per heavy atom. The van der Waals surface area contributed by atoms with Gasteiger partial charge in [-0.25, -0.2) is 9.78 Å². The maximum atomic E-state index is 11.3. The number of anilines is 2. The number of hydrogen-bond acceptors (Lipinski definition) is 6. The van der Waals surface area contributed by atoms with Gasteiger partial charge >= 0.3 is 5.97 Å². The quantitative estimate of drug-likeness (QED) is 0.782. The number of aromatic nitrogens is 2. The molecule has 0 spiro atoms. The highest BCUT2D eigenvalue weighted by atomic mass is 79.9. The molecule has 6 nitrogen and oxygen atoms in total. The molecule has 1 atom stereocenters. The molecule has 100 valence electrons. The Balaban J connectivity index is 2.77. The van der Waals surface area contributed by atoms with Gasteiger partial charge in [0.1, 0.15) is 11.9 Å². The van der Waals surface area contributed by atoms with Crippen LogP contribution < -0.4 is 10.6 Å². The standard InChI is InChI=1S/C11H17BrN4O2/c1-4-5-13-11-14-6-8(12)9(16-11)15-7(2)10(17)18-3/h6-7H,4-5H2,1-3H3,(H2,13,14,15,16). The van der Waals surface area contributed by atoms with E-state index in [9.17, 15) is 4.79 Å². The molecule has 0 aliphatic carbocycles. The van der Waals surface area contributed by atoms with Crippen molar-refractivity contribution in [1.29, 1.82) is 0 Å². The second kappa shape index (κ2) is 7.15. The largest absolute Gasteiger partial charge is 0.467 e. The summed E-state index contributed by atoms with van der Waals surface area (Å²) in [5.74, 6) is 0.740. The van der Waals surface area contributed by atoms with Crippen molar-refractivity contribution in [3.05, 3.63) is 10.7 Å². The summed E-state index contributed by atoms with van der Waals surface area (Å²) >= 11 is 3.33. The Hall–Kier alpha value is -1.37. The summed E-state index contributed by atoms with van der Waals surface area (Å²) in [7, 11) is 1.35. The van der Waals surface area contributed by atoms with Crippen molar-refractivity contribution in [2.24, 2.45) is 0 Å². The number of rotatable bonds is 6. The second-order valence-corrected chi connectivity index (χ2v) is 4.56. The van der Waals surface area contributed by atoms with E-state index in [1.165, 1.54) is 7.11 Å². The van der Waals surface area contributed by atoms with E-state index in [1.807, 2.05) is 0 Å². The van der Waals surface area contributed by atoms with Crippen LogP contribution in [0.1, 0.15) is 20.3 Å².